The summed E-state index contributed by atoms with van der Waals surface area (Å²) in [6.45, 7) is 3.95. The van der Waals surface area contributed by atoms with Gasteiger partial charge in [-0.05, 0) is 32.0 Å². The summed E-state index contributed by atoms with van der Waals surface area (Å²) in [7, 11) is 0. The first-order valence-corrected chi connectivity index (χ1v) is 5.48. The van der Waals surface area contributed by atoms with Crippen LogP contribution in [0.4, 0.5) is 0 Å². The van der Waals surface area contributed by atoms with Crippen molar-refractivity contribution in [2.75, 3.05) is 0 Å². The minimum absolute atomic E-state index is 0.133. The molecule has 0 saturated carbocycles. The number of H-pyrrole nitrogens is 1. The van der Waals surface area contributed by atoms with E-state index in [-0.39, 0.29) is 11.7 Å². The van der Waals surface area contributed by atoms with Gasteiger partial charge < -0.3 is 4.74 Å². The fourth-order valence-electron chi connectivity index (χ4n) is 1.51. The zero-order valence-electron chi connectivity index (χ0n) is 9.81. The largest absolute Gasteiger partial charge is 0.491 e. The fraction of sp³-hybridized carbons (Fsp3) is 0.231. The van der Waals surface area contributed by atoms with Crippen LogP contribution in [-0.4, -0.2) is 16.3 Å². The first kappa shape index (κ1) is 11.4. The monoisotopic (exact) mass is 230 g/mol. The molecule has 0 spiro atoms. The molecule has 0 bridgehead atoms. The minimum Gasteiger partial charge on any atom is -0.491 e. The summed E-state index contributed by atoms with van der Waals surface area (Å²) < 4.78 is 5.60. The van der Waals surface area contributed by atoms with Gasteiger partial charge in [0.25, 0.3) is 5.56 Å². The number of aromatic amines is 1. The maximum absolute atomic E-state index is 10.9. The van der Waals surface area contributed by atoms with Crippen LogP contribution in [-0.2, 0) is 0 Å². The number of hydrogen-bond acceptors (Lipinski definition) is 3. The van der Waals surface area contributed by atoms with Gasteiger partial charge in [0.05, 0.1) is 11.8 Å². The summed E-state index contributed by atoms with van der Waals surface area (Å²) in [6, 6.07) is 10.8. The van der Waals surface area contributed by atoms with Crippen molar-refractivity contribution < 1.29 is 4.74 Å². The smallest absolute Gasteiger partial charge is 0.264 e. The van der Waals surface area contributed by atoms with Crippen LogP contribution in [0.2, 0.25) is 0 Å². The molecule has 4 nitrogen and oxygen atoms in total. The van der Waals surface area contributed by atoms with Crippen LogP contribution in [0.3, 0.4) is 0 Å². The van der Waals surface area contributed by atoms with E-state index >= 15 is 0 Å². The van der Waals surface area contributed by atoms with Crippen LogP contribution in [0.15, 0.2) is 41.2 Å². The van der Waals surface area contributed by atoms with E-state index in [9.17, 15) is 4.79 Å². The minimum atomic E-state index is -0.205. The molecule has 2 aromatic rings. The lowest BCUT2D eigenvalue weighted by atomic mass is 10.1. The highest BCUT2D eigenvalue weighted by Crippen LogP contribution is 2.21. The third kappa shape index (κ3) is 2.93. The Morgan fingerprint density at radius 2 is 2.06 bits per heavy atom. The Morgan fingerprint density at radius 1 is 1.24 bits per heavy atom. The molecular weight excluding hydrogens is 216 g/mol. The lowest BCUT2D eigenvalue weighted by Gasteiger charge is -2.10. The Kier molecular flexibility index (Phi) is 3.23. The van der Waals surface area contributed by atoms with Crippen molar-refractivity contribution in [2.24, 2.45) is 0 Å². The molecule has 88 valence electrons. The highest BCUT2D eigenvalue weighted by molar-refractivity contribution is 5.60. The molecule has 0 radical (unpaired) electrons. The Hall–Kier alpha value is -2.10. The van der Waals surface area contributed by atoms with Gasteiger partial charge in [0.15, 0.2) is 0 Å². The molecule has 17 heavy (non-hydrogen) atoms. The Morgan fingerprint density at radius 3 is 2.71 bits per heavy atom. The molecule has 1 aromatic carbocycles. The van der Waals surface area contributed by atoms with E-state index in [0.717, 1.165) is 17.0 Å². The molecule has 1 N–H and O–H groups in total. The Labute approximate surface area is 99.3 Å². The number of aromatic nitrogens is 2. The first-order valence-electron chi connectivity index (χ1n) is 5.48. The van der Waals surface area contributed by atoms with Gasteiger partial charge in [-0.2, -0.15) is 5.10 Å². The van der Waals surface area contributed by atoms with E-state index in [1.807, 2.05) is 38.1 Å². The normalized spacial score (nSPS) is 10.5. The van der Waals surface area contributed by atoms with Gasteiger partial charge in [-0.3, -0.25) is 4.79 Å². The molecule has 0 atom stereocenters. The maximum atomic E-state index is 10.9. The molecule has 0 aliphatic heterocycles. The molecular formula is C13H14N2O2. The van der Waals surface area contributed by atoms with Gasteiger partial charge in [-0.15, -0.1) is 0 Å². The van der Waals surface area contributed by atoms with Gasteiger partial charge in [-0.25, -0.2) is 5.10 Å². The van der Waals surface area contributed by atoms with E-state index in [4.69, 9.17) is 4.74 Å². The van der Waals surface area contributed by atoms with Gasteiger partial charge in [0.1, 0.15) is 5.75 Å². The lowest BCUT2D eigenvalue weighted by Crippen LogP contribution is -2.06. The number of ether oxygens (including phenoxy) is 1. The van der Waals surface area contributed by atoms with Crippen molar-refractivity contribution in [3.63, 3.8) is 0 Å². The number of nitrogens with one attached hydrogen (secondary N) is 1. The van der Waals surface area contributed by atoms with E-state index in [0.29, 0.717) is 0 Å². The quantitative estimate of drug-likeness (QED) is 0.879. The third-order valence-corrected chi connectivity index (χ3v) is 2.18. The number of nitrogens with zero attached hydrogens (tertiary/aromatic N) is 1. The third-order valence-electron chi connectivity index (χ3n) is 2.18. The van der Waals surface area contributed by atoms with Crippen molar-refractivity contribution in [1.82, 2.24) is 10.2 Å². The van der Waals surface area contributed by atoms with Gasteiger partial charge in [0.2, 0.25) is 0 Å². The number of hydrogen-bond donors (Lipinski definition) is 1. The molecule has 1 heterocycles. The highest BCUT2D eigenvalue weighted by atomic mass is 16.5. The number of rotatable bonds is 3. The van der Waals surface area contributed by atoms with Crippen molar-refractivity contribution >= 4 is 0 Å². The topological polar surface area (TPSA) is 55.0 Å². The molecule has 0 aliphatic carbocycles. The predicted octanol–water partition coefficient (Wildman–Crippen LogP) is 2.22. The average Bonchev–Trinajstić information content (AvgIpc) is 2.29. The Bertz CT molecular complexity index is 541. The number of benzene rings is 1. The molecule has 0 saturated heterocycles. The fourth-order valence-corrected chi connectivity index (χ4v) is 1.51. The van der Waals surface area contributed by atoms with Gasteiger partial charge in [0, 0.05) is 11.6 Å². The van der Waals surface area contributed by atoms with Crippen LogP contribution in [0, 0.1) is 0 Å². The van der Waals surface area contributed by atoms with Gasteiger partial charge in [-0.1, -0.05) is 12.1 Å². The molecule has 4 heteroatoms. The van der Waals surface area contributed by atoms with E-state index in [1.165, 1.54) is 6.07 Å². The van der Waals surface area contributed by atoms with Crippen LogP contribution in [0.5, 0.6) is 5.75 Å². The van der Waals surface area contributed by atoms with Crippen molar-refractivity contribution in [1.29, 1.82) is 0 Å². The van der Waals surface area contributed by atoms with E-state index < -0.39 is 0 Å². The van der Waals surface area contributed by atoms with Crippen molar-refractivity contribution in [3.05, 3.63) is 46.8 Å². The summed E-state index contributed by atoms with van der Waals surface area (Å²) in [5, 5.41) is 6.39. The Balaban J connectivity index is 2.32. The van der Waals surface area contributed by atoms with Crippen LogP contribution in [0.25, 0.3) is 11.3 Å². The molecule has 0 amide bonds. The summed E-state index contributed by atoms with van der Waals surface area (Å²) >= 11 is 0. The van der Waals surface area contributed by atoms with E-state index in [2.05, 4.69) is 10.2 Å². The first-order chi connectivity index (χ1) is 8.15. The molecule has 0 aliphatic rings. The standard InChI is InChI=1S/C13H14N2O2/c1-9(2)17-11-5-3-4-10(8-11)12-6-7-13(16)15-14-12/h3-9H,1-2H3,(H,15,16). The second-order valence-corrected chi connectivity index (χ2v) is 4.00. The highest BCUT2D eigenvalue weighted by Gasteiger charge is 2.02. The zero-order chi connectivity index (χ0) is 12.3. The van der Waals surface area contributed by atoms with Gasteiger partial charge >= 0.3 is 0 Å². The zero-order valence-corrected chi connectivity index (χ0v) is 9.81. The molecule has 1 aromatic heterocycles. The summed E-state index contributed by atoms with van der Waals surface area (Å²) in [5.41, 5.74) is 1.43. The summed E-state index contributed by atoms with van der Waals surface area (Å²) in [4.78, 5) is 10.9. The van der Waals surface area contributed by atoms with Crippen LogP contribution in [0.1, 0.15) is 13.8 Å². The SMILES string of the molecule is CC(C)Oc1cccc(-c2ccc(=O)[nH]n2)c1. The lowest BCUT2D eigenvalue weighted by molar-refractivity contribution is 0.242. The summed E-state index contributed by atoms with van der Waals surface area (Å²) in [6.07, 6.45) is 0.133. The molecule has 2 rings (SSSR count). The summed E-state index contributed by atoms with van der Waals surface area (Å²) in [5.74, 6) is 0.797. The molecule has 0 unspecified atom stereocenters. The maximum Gasteiger partial charge on any atom is 0.264 e. The van der Waals surface area contributed by atoms with E-state index in [1.54, 1.807) is 6.07 Å². The van der Waals surface area contributed by atoms with Crippen molar-refractivity contribution in [2.45, 2.75) is 20.0 Å². The van der Waals surface area contributed by atoms with Crippen LogP contribution >= 0.6 is 0 Å². The van der Waals surface area contributed by atoms with Crippen molar-refractivity contribution in [3.8, 4) is 17.0 Å². The second-order valence-electron chi connectivity index (χ2n) is 4.00. The average molecular weight is 230 g/mol. The predicted molar refractivity (Wildman–Crippen MR) is 66.1 cm³/mol. The van der Waals surface area contributed by atoms with Crippen LogP contribution < -0.4 is 10.3 Å². The molecule has 0 fully saturated rings. The second kappa shape index (κ2) is 4.82.